The van der Waals surface area contributed by atoms with Crippen LogP contribution in [0.5, 0.6) is 0 Å². The first kappa shape index (κ1) is 7.25. The molecule has 0 aliphatic carbocycles. The van der Waals surface area contributed by atoms with E-state index in [1.165, 1.54) is 0 Å². The minimum atomic E-state index is 0.836. The van der Waals surface area contributed by atoms with Gasteiger partial charge in [-0.05, 0) is 11.4 Å². The Hall–Kier alpha value is -0.860. The Balaban J connectivity index is 2.77. The maximum Gasteiger partial charge on any atom is 0.353 e. The summed E-state index contributed by atoms with van der Waals surface area (Å²) < 4.78 is 6.95. The van der Waals surface area contributed by atoms with Crippen LogP contribution in [0.15, 0.2) is 4.52 Å². The fourth-order valence-corrected chi connectivity index (χ4v) is 0.811. The van der Waals surface area contributed by atoms with E-state index in [-0.39, 0.29) is 0 Å². The molecule has 10 heavy (non-hydrogen) atoms. The Labute approximate surface area is 60.7 Å². The molecule has 56 valence electrons. The summed E-state index contributed by atoms with van der Waals surface area (Å²) in [5.41, 5.74) is 0. The molecular weight excluding hydrogens is 128 g/mol. The predicted molar refractivity (Wildman–Crippen MR) is 36.4 cm³/mol. The minimum absolute atomic E-state index is 0.836. The van der Waals surface area contributed by atoms with Crippen LogP contribution >= 0.6 is 0 Å². The number of aryl methyl sites for hydroxylation is 3. The molecule has 1 aromatic rings. The van der Waals surface area contributed by atoms with E-state index in [1.54, 1.807) is 4.74 Å². The van der Waals surface area contributed by atoms with Crippen LogP contribution in [0.2, 0.25) is 0 Å². The van der Waals surface area contributed by atoms with Gasteiger partial charge in [0, 0.05) is 6.92 Å². The Morgan fingerprint density at radius 1 is 1.60 bits per heavy atom. The van der Waals surface area contributed by atoms with Crippen molar-refractivity contribution in [2.75, 3.05) is 0 Å². The van der Waals surface area contributed by atoms with E-state index in [0.29, 0.717) is 0 Å². The molecule has 3 nitrogen and oxygen atoms in total. The zero-order valence-electron chi connectivity index (χ0n) is 6.72. The molecule has 0 bridgehead atoms. The predicted octanol–water partition coefficient (Wildman–Crippen LogP) is 0.760. The SMILES string of the molecule is CCCc1nc(C)[n+](C)o1. The Morgan fingerprint density at radius 2 is 2.30 bits per heavy atom. The zero-order chi connectivity index (χ0) is 7.56. The molecule has 0 unspecified atom stereocenters. The quantitative estimate of drug-likeness (QED) is 0.569. The molecule has 0 N–H and O–H groups in total. The number of rotatable bonds is 2. The van der Waals surface area contributed by atoms with Crippen LogP contribution < -0.4 is 4.74 Å². The van der Waals surface area contributed by atoms with Crippen molar-refractivity contribution in [2.45, 2.75) is 26.7 Å². The number of aromatic nitrogens is 2. The summed E-state index contributed by atoms with van der Waals surface area (Å²) in [6.07, 6.45) is 2.02. The third kappa shape index (κ3) is 1.35. The second-order valence-corrected chi connectivity index (χ2v) is 2.39. The summed E-state index contributed by atoms with van der Waals surface area (Å²) in [6, 6.07) is 0. The monoisotopic (exact) mass is 141 g/mol. The standard InChI is InChI=1S/C7H13N2O/c1-4-5-7-8-6(2)9(3)10-7/h4-5H2,1-3H3/q+1. The average molecular weight is 141 g/mol. The molecule has 0 saturated heterocycles. The van der Waals surface area contributed by atoms with Crippen molar-refractivity contribution in [3.63, 3.8) is 0 Å². The summed E-state index contributed by atoms with van der Waals surface area (Å²) in [4.78, 5) is 4.20. The molecule has 0 atom stereocenters. The number of hydrogen-bond acceptors (Lipinski definition) is 2. The van der Waals surface area contributed by atoms with Gasteiger partial charge in [0.1, 0.15) is 7.05 Å². The molecule has 3 heteroatoms. The van der Waals surface area contributed by atoms with Crippen LogP contribution in [0.25, 0.3) is 0 Å². The molecule has 0 radical (unpaired) electrons. The second-order valence-electron chi connectivity index (χ2n) is 2.39. The summed E-state index contributed by atoms with van der Waals surface area (Å²) in [5.74, 6) is 1.77. The largest absolute Gasteiger partial charge is 0.353 e. The van der Waals surface area contributed by atoms with Gasteiger partial charge in [-0.2, -0.15) is 0 Å². The topological polar surface area (TPSA) is 29.9 Å². The molecule has 0 amide bonds. The lowest BCUT2D eigenvalue weighted by molar-refractivity contribution is -0.851. The number of nitrogens with zero attached hydrogens (tertiary/aromatic N) is 2. The van der Waals surface area contributed by atoms with Gasteiger partial charge in [-0.3, -0.25) is 4.52 Å². The van der Waals surface area contributed by atoms with E-state index in [2.05, 4.69) is 11.9 Å². The lowest BCUT2D eigenvalue weighted by atomic mass is 10.3. The maximum absolute atomic E-state index is 5.26. The lowest BCUT2D eigenvalue weighted by Crippen LogP contribution is -2.28. The van der Waals surface area contributed by atoms with Gasteiger partial charge in [-0.25, -0.2) is 0 Å². The van der Waals surface area contributed by atoms with Crippen molar-refractivity contribution < 1.29 is 9.26 Å². The van der Waals surface area contributed by atoms with E-state index >= 15 is 0 Å². The average Bonchev–Trinajstić information content (AvgIpc) is 2.14. The highest BCUT2D eigenvalue weighted by molar-refractivity contribution is 4.76. The second kappa shape index (κ2) is 2.82. The van der Waals surface area contributed by atoms with Gasteiger partial charge in [-0.1, -0.05) is 11.7 Å². The van der Waals surface area contributed by atoms with E-state index in [0.717, 1.165) is 24.6 Å². The van der Waals surface area contributed by atoms with Crippen molar-refractivity contribution in [3.8, 4) is 0 Å². The van der Waals surface area contributed by atoms with Crippen LogP contribution in [0.4, 0.5) is 0 Å². The normalized spacial score (nSPS) is 10.3. The van der Waals surface area contributed by atoms with E-state index < -0.39 is 0 Å². The molecule has 0 aliphatic heterocycles. The van der Waals surface area contributed by atoms with Crippen molar-refractivity contribution in [1.29, 1.82) is 0 Å². The van der Waals surface area contributed by atoms with Gasteiger partial charge in [0.15, 0.2) is 0 Å². The molecule has 0 spiro atoms. The van der Waals surface area contributed by atoms with Crippen LogP contribution in [-0.4, -0.2) is 4.98 Å². The Bertz CT molecular complexity index is 198. The highest BCUT2D eigenvalue weighted by Gasteiger charge is 2.12. The van der Waals surface area contributed by atoms with Gasteiger partial charge < -0.3 is 0 Å². The smallest absolute Gasteiger partial charge is 0.259 e. The minimum Gasteiger partial charge on any atom is -0.259 e. The van der Waals surface area contributed by atoms with Gasteiger partial charge in [0.25, 0.3) is 0 Å². The Morgan fingerprint density at radius 3 is 2.70 bits per heavy atom. The first-order chi connectivity index (χ1) is 4.74. The van der Waals surface area contributed by atoms with E-state index in [4.69, 9.17) is 4.52 Å². The maximum atomic E-state index is 5.26. The first-order valence-corrected chi connectivity index (χ1v) is 3.57. The molecule has 0 saturated carbocycles. The fraction of sp³-hybridized carbons (Fsp3) is 0.714. The van der Waals surface area contributed by atoms with Crippen LogP contribution in [-0.2, 0) is 13.5 Å². The highest BCUT2D eigenvalue weighted by atomic mass is 16.5. The van der Waals surface area contributed by atoms with Crippen molar-refractivity contribution in [2.24, 2.45) is 7.05 Å². The van der Waals surface area contributed by atoms with Gasteiger partial charge in [0.05, 0.1) is 6.42 Å². The fourth-order valence-electron chi connectivity index (χ4n) is 0.811. The molecule has 0 fully saturated rings. The van der Waals surface area contributed by atoms with Crippen LogP contribution in [0, 0.1) is 6.92 Å². The zero-order valence-corrected chi connectivity index (χ0v) is 6.72. The van der Waals surface area contributed by atoms with Crippen LogP contribution in [0.3, 0.4) is 0 Å². The molecule has 1 aromatic heterocycles. The first-order valence-electron chi connectivity index (χ1n) is 3.57. The summed E-state index contributed by atoms with van der Waals surface area (Å²) >= 11 is 0. The van der Waals surface area contributed by atoms with E-state index in [1.807, 2.05) is 14.0 Å². The van der Waals surface area contributed by atoms with Gasteiger partial charge in [-0.15, -0.1) is 0 Å². The van der Waals surface area contributed by atoms with Crippen molar-refractivity contribution in [1.82, 2.24) is 4.98 Å². The van der Waals surface area contributed by atoms with Gasteiger partial charge in [0.2, 0.25) is 0 Å². The summed E-state index contributed by atoms with van der Waals surface area (Å²) in [6.45, 7) is 4.04. The third-order valence-corrected chi connectivity index (χ3v) is 1.45. The third-order valence-electron chi connectivity index (χ3n) is 1.45. The molecule has 0 aliphatic rings. The summed E-state index contributed by atoms with van der Waals surface area (Å²) in [5, 5.41) is 0. The lowest BCUT2D eigenvalue weighted by Gasteiger charge is -1.78. The highest BCUT2D eigenvalue weighted by Crippen LogP contribution is 1.96. The molecule has 1 heterocycles. The van der Waals surface area contributed by atoms with Gasteiger partial charge >= 0.3 is 11.7 Å². The number of hydrogen-bond donors (Lipinski definition) is 0. The molecule has 0 aromatic carbocycles. The van der Waals surface area contributed by atoms with Crippen molar-refractivity contribution >= 4 is 0 Å². The van der Waals surface area contributed by atoms with E-state index in [9.17, 15) is 0 Å². The summed E-state index contributed by atoms with van der Waals surface area (Å²) in [7, 11) is 1.86. The Kier molecular flexibility index (Phi) is 2.04. The van der Waals surface area contributed by atoms with Crippen molar-refractivity contribution in [3.05, 3.63) is 11.7 Å². The molecule has 1 rings (SSSR count). The van der Waals surface area contributed by atoms with Crippen LogP contribution in [0.1, 0.15) is 25.1 Å². The molecular formula is C7H13N2O+.